The fraction of sp³-hybridized carbons (Fsp3) is 0.455. The van der Waals surface area contributed by atoms with Gasteiger partial charge in [-0.05, 0) is 92.4 Å². The molecule has 0 bridgehead atoms. The fourth-order valence-corrected chi connectivity index (χ4v) is 6.18. The van der Waals surface area contributed by atoms with Crippen LogP contribution in [-0.2, 0) is 17.9 Å². The number of aliphatic hydroxyl groups is 1. The van der Waals surface area contributed by atoms with Crippen molar-refractivity contribution in [1.82, 2.24) is 9.88 Å². The molecule has 4 aliphatic rings. The van der Waals surface area contributed by atoms with Crippen molar-refractivity contribution in [1.29, 1.82) is 0 Å². The van der Waals surface area contributed by atoms with Crippen LogP contribution in [-0.4, -0.2) is 52.7 Å². The van der Waals surface area contributed by atoms with E-state index in [1.54, 1.807) is 0 Å². The largest absolute Gasteiger partial charge is 0.490 e. The Labute approximate surface area is 244 Å². The normalized spacial score (nSPS) is 20.4. The number of nitrogens with zero attached hydrogens (tertiary/aromatic N) is 3. The zero-order valence-corrected chi connectivity index (χ0v) is 23.5. The Morgan fingerprint density at radius 3 is 2.14 bits per heavy atom. The monoisotopic (exact) mass is 575 g/mol. The minimum absolute atomic E-state index is 0.0147. The molecule has 1 amide bonds. The maximum Gasteiger partial charge on any atom is 0.227 e. The molecule has 3 heterocycles. The van der Waals surface area contributed by atoms with Gasteiger partial charge in [0.2, 0.25) is 5.91 Å². The molecule has 1 N–H and O–H groups in total. The molecule has 9 heteroatoms. The zero-order valence-electron chi connectivity index (χ0n) is 23.5. The summed E-state index contributed by atoms with van der Waals surface area (Å²) < 4.78 is 41.2. The highest BCUT2D eigenvalue weighted by Gasteiger charge is 2.45. The number of carbonyl (C=O) groups excluding carboxylic acids is 1. The topological polar surface area (TPSA) is 75.1 Å². The van der Waals surface area contributed by atoms with E-state index >= 15 is 0 Å². The van der Waals surface area contributed by atoms with Crippen molar-refractivity contribution in [3.8, 4) is 22.8 Å². The minimum atomic E-state index is -0.741. The summed E-state index contributed by atoms with van der Waals surface area (Å²) in [6, 6.07) is 12.3. The molecule has 2 aromatic carbocycles. The van der Waals surface area contributed by atoms with Crippen molar-refractivity contribution in [3.05, 3.63) is 71.4 Å². The van der Waals surface area contributed by atoms with E-state index in [1.807, 2.05) is 41.3 Å². The van der Waals surface area contributed by atoms with Gasteiger partial charge in [-0.15, -0.1) is 0 Å². The lowest BCUT2D eigenvalue weighted by molar-refractivity contribution is -0.118. The number of aromatic nitrogens is 1. The number of carbonyl (C=O) groups is 1. The van der Waals surface area contributed by atoms with E-state index in [0.29, 0.717) is 36.6 Å². The van der Waals surface area contributed by atoms with Crippen LogP contribution < -0.4 is 14.4 Å². The molecule has 42 heavy (non-hydrogen) atoms. The number of aliphatic hydroxyl groups excluding tert-OH is 1. The first-order valence-electron chi connectivity index (χ1n) is 14.9. The molecule has 2 saturated heterocycles. The maximum absolute atomic E-state index is 15.0. The lowest BCUT2D eigenvalue weighted by Gasteiger charge is -2.39. The Kier molecular flexibility index (Phi) is 7.10. The number of amides is 1. The number of hydrogen-bond donors (Lipinski definition) is 1. The Hall–Kier alpha value is -3.56. The summed E-state index contributed by atoms with van der Waals surface area (Å²) in [5.74, 6) is -0.254. The van der Waals surface area contributed by atoms with Crippen LogP contribution in [0.4, 0.5) is 14.5 Å². The predicted octanol–water partition coefficient (Wildman–Crippen LogP) is 5.62. The highest BCUT2D eigenvalue weighted by atomic mass is 19.1. The van der Waals surface area contributed by atoms with Gasteiger partial charge in [0.15, 0.2) is 5.82 Å². The summed E-state index contributed by atoms with van der Waals surface area (Å²) in [6.07, 6.45) is 7.34. The number of halogens is 2. The molecule has 220 valence electrons. The van der Waals surface area contributed by atoms with Gasteiger partial charge in [-0.3, -0.25) is 9.69 Å². The quantitative estimate of drug-likeness (QED) is 0.357. The van der Waals surface area contributed by atoms with Crippen molar-refractivity contribution in [2.24, 2.45) is 5.41 Å². The summed E-state index contributed by atoms with van der Waals surface area (Å²) in [4.78, 5) is 21.4. The summed E-state index contributed by atoms with van der Waals surface area (Å²) in [6.45, 7) is 3.09. The second kappa shape index (κ2) is 10.9. The first kappa shape index (κ1) is 27.3. The van der Waals surface area contributed by atoms with Crippen molar-refractivity contribution in [3.63, 3.8) is 0 Å². The average molecular weight is 576 g/mol. The molecular weight excluding hydrogens is 540 g/mol. The van der Waals surface area contributed by atoms with Crippen LogP contribution in [0, 0.1) is 17.0 Å². The van der Waals surface area contributed by atoms with Gasteiger partial charge in [-0.2, -0.15) is 0 Å². The van der Waals surface area contributed by atoms with E-state index in [2.05, 4.69) is 9.88 Å². The SMILES string of the molecule is O=C1CC2(CCN(Cc3cc(OC4CC4)c(-c4ncc(F)cc4F)c(OC4CC4)c3)CC2)CN1c1ccc(CO)cc1. The highest BCUT2D eigenvalue weighted by Crippen LogP contribution is 2.46. The molecule has 3 aromatic rings. The summed E-state index contributed by atoms with van der Waals surface area (Å²) in [7, 11) is 0. The van der Waals surface area contributed by atoms with Crippen LogP contribution in [0.15, 0.2) is 48.7 Å². The van der Waals surface area contributed by atoms with Crippen LogP contribution in [0.3, 0.4) is 0 Å². The van der Waals surface area contributed by atoms with Gasteiger partial charge >= 0.3 is 0 Å². The standard InChI is InChI=1S/C33H35F2N3O4/c34-23-15-27(35)32(36-17-23)31-28(41-25-5-6-25)13-22(14-29(31)42-26-7-8-26)18-37-11-9-33(10-12-37)16-30(40)38(20-33)24-3-1-21(19-39)2-4-24/h1-4,13-15,17,25-26,39H,5-12,16,18-20H2. The molecule has 2 aliphatic carbocycles. The molecule has 2 aliphatic heterocycles. The Bertz CT molecular complexity index is 1450. The molecule has 0 atom stereocenters. The third-order valence-electron chi connectivity index (χ3n) is 8.88. The Balaban J connectivity index is 1.09. The van der Waals surface area contributed by atoms with Gasteiger partial charge in [0.1, 0.15) is 23.0 Å². The smallest absolute Gasteiger partial charge is 0.227 e. The maximum atomic E-state index is 15.0. The summed E-state index contributed by atoms with van der Waals surface area (Å²) in [5, 5.41) is 9.34. The van der Waals surface area contributed by atoms with Crippen molar-refractivity contribution in [2.45, 2.75) is 70.3 Å². The molecule has 0 unspecified atom stereocenters. The van der Waals surface area contributed by atoms with E-state index < -0.39 is 11.6 Å². The molecule has 7 nitrogen and oxygen atoms in total. The Morgan fingerprint density at radius 1 is 0.929 bits per heavy atom. The molecule has 4 fully saturated rings. The molecule has 2 saturated carbocycles. The third kappa shape index (κ3) is 5.72. The minimum Gasteiger partial charge on any atom is -0.490 e. The first-order chi connectivity index (χ1) is 20.4. The van der Waals surface area contributed by atoms with Gasteiger partial charge in [-0.1, -0.05) is 12.1 Å². The lowest BCUT2D eigenvalue weighted by atomic mass is 9.77. The predicted molar refractivity (Wildman–Crippen MR) is 153 cm³/mol. The number of hydrogen-bond acceptors (Lipinski definition) is 6. The molecule has 0 radical (unpaired) electrons. The number of ether oxygens (including phenoxy) is 2. The van der Waals surface area contributed by atoms with Crippen molar-refractivity contribution in [2.75, 3.05) is 24.5 Å². The zero-order chi connectivity index (χ0) is 28.8. The molecular formula is C33H35F2N3O4. The van der Waals surface area contributed by atoms with Gasteiger partial charge in [0.05, 0.1) is 30.6 Å². The number of piperidine rings is 1. The van der Waals surface area contributed by atoms with Gasteiger partial charge in [-0.25, -0.2) is 13.8 Å². The van der Waals surface area contributed by atoms with Crippen molar-refractivity contribution < 1.29 is 28.2 Å². The van der Waals surface area contributed by atoms with E-state index in [1.165, 1.54) is 0 Å². The molecule has 1 aromatic heterocycles. The van der Waals surface area contributed by atoms with Crippen LogP contribution in [0.1, 0.15) is 56.1 Å². The van der Waals surface area contributed by atoms with Crippen molar-refractivity contribution >= 4 is 11.6 Å². The van der Waals surface area contributed by atoms with E-state index in [-0.39, 0.29) is 35.8 Å². The highest BCUT2D eigenvalue weighted by molar-refractivity contribution is 5.96. The number of pyridine rings is 1. The number of anilines is 1. The summed E-state index contributed by atoms with van der Waals surface area (Å²) >= 11 is 0. The second-order valence-corrected chi connectivity index (χ2v) is 12.3. The lowest BCUT2D eigenvalue weighted by Crippen LogP contribution is -2.41. The van der Waals surface area contributed by atoms with E-state index in [0.717, 1.165) is 80.7 Å². The van der Waals surface area contributed by atoms with Crippen LogP contribution >= 0.6 is 0 Å². The number of likely N-dealkylation sites (tertiary alicyclic amines) is 1. The number of benzene rings is 2. The van der Waals surface area contributed by atoms with Gasteiger partial charge < -0.3 is 19.5 Å². The van der Waals surface area contributed by atoms with Gasteiger partial charge in [0, 0.05) is 31.3 Å². The fourth-order valence-electron chi connectivity index (χ4n) is 6.18. The van der Waals surface area contributed by atoms with Crippen LogP contribution in [0.5, 0.6) is 11.5 Å². The van der Waals surface area contributed by atoms with Gasteiger partial charge in [0.25, 0.3) is 0 Å². The first-order valence-corrected chi connectivity index (χ1v) is 14.9. The van der Waals surface area contributed by atoms with E-state index in [4.69, 9.17) is 9.47 Å². The van der Waals surface area contributed by atoms with Crippen LogP contribution in [0.25, 0.3) is 11.3 Å². The average Bonchev–Trinajstić information content (AvgIpc) is 3.92. The number of rotatable bonds is 9. The molecule has 7 rings (SSSR count). The third-order valence-corrected chi connectivity index (χ3v) is 8.88. The molecule has 1 spiro atoms. The Morgan fingerprint density at radius 2 is 1.57 bits per heavy atom. The second-order valence-electron chi connectivity index (χ2n) is 12.3. The summed E-state index contributed by atoms with van der Waals surface area (Å²) in [5.41, 5.74) is 3.17. The van der Waals surface area contributed by atoms with Crippen LogP contribution in [0.2, 0.25) is 0 Å². The van der Waals surface area contributed by atoms with E-state index in [9.17, 15) is 18.7 Å².